The highest BCUT2D eigenvalue weighted by molar-refractivity contribution is 4.63. The lowest BCUT2D eigenvalue weighted by Crippen LogP contribution is -2.21. The maximum Gasteiger partial charge on any atom is 0.000356 e. The Morgan fingerprint density at radius 3 is 1.88 bits per heavy atom. The first-order valence-corrected chi connectivity index (χ1v) is 7.35. The molecule has 1 atom stereocenters. The maximum atomic E-state index is 2.35. The van der Waals surface area contributed by atoms with Crippen LogP contribution in [-0.4, -0.2) is 25.5 Å². The van der Waals surface area contributed by atoms with Gasteiger partial charge in [0.05, 0.1) is 0 Å². The Kier molecular flexibility index (Phi) is 11.4. The van der Waals surface area contributed by atoms with Gasteiger partial charge in [0.1, 0.15) is 0 Å². The minimum Gasteiger partial charge on any atom is -0.309 e. The first kappa shape index (κ1) is 16.0. The van der Waals surface area contributed by atoms with Gasteiger partial charge in [0.15, 0.2) is 0 Å². The molecule has 0 aromatic carbocycles. The van der Waals surface area contributed by atoms with E-state index >= 15 is 0 Å². The molecule has 0 aromatic heterocycles. The molecule has 0 aliphatic carbocycles. The molecule has 16 heavy (non-hydrogen) atoms. The summed E-state index contributed by atoms with van der Waals surface area (Å²) < 4.78 is 0. The highest BCUT2D eigenvalue weighted by Crippen LogP contribution is 2.18. The number of hydrogen-bond acceptors (Lipinski definition) is 1. The van der Waals surface area contributed by atoms with E-state index in [1.165, 1.54) is 64.3 Å². The second-order valence-electron chi connectivity index (χ2n) is 5.47. The highest BCUT2D eigenvalue weighted by atomic mass is 15.1. The molecule has 0 radical (unpaired) electrons. The molecule has 1 unspecified atom stereocenters. The van der Waals surface area contributed by atoms with Gasteiger partial charge < -0.3 is 4.90 Å². The highest BCUT2D eigenvalue weighted by Gasteiger charge is 2.08. The van der Waals surface area contributed by atoms with Crippen molar-refractivity contribution in [2.75, 3.05) is 20.6 Å². The second-order valence-corrected chi connectivity index (χ2v) is 5.47. The predicted molar refractivity (Wildman–Crippen MR) is 74.9 cm³/mol. The number of nitrogens with zero attached hydrogens (tertiary/aromatic N) is 1. The van der Waals surface area contributed by atoms with E-state index in [9.17, 15) is 0 Å². The second kappa shape index (κ2) is 11.4. The first-order chi connectivity index (χ1) is 7.70. The lowest BCUT2D eigenvalue weighted by atomic mass is 9.95. The Balaban J connectivity index is 3.56. The molecule has 1 heteroatoms. The Hall–Kier alpha value is -0.0400. The van der Waals surface area contributed by atoms with Gasteiger partial charge in [-0.1, -0.05) is 58.8 Å². The van der Waals surface area contributed by atoms with Crippen LogP contribution in [-0.2, 0) is 0 Å². The van der Waals surface area contributed by atoms with Crippen LogP contribution in [0.25, 0.3) is 0 Å². The van der Waals surface area contributed by atoms with Crippen molar-refractivity contribution < 1.29 is 0 Å². The van der Waals surface area contributed by atoms with Gasteiger partial charge >= 0.3 is 0 Å². The van der Waals surface area contributed by atoms with E-state index in [1.54, 1.807) is 0 Å². The summed E-state index contributed by atoms with van der Waals surface area (Å²) in [4.78, 5) is 2.35. The molecule has 0 N–H and O–H groups in total. The summed E-state index contributed by atoms with van der Waals surface area (Å²) >= 11 is 0. The summed E-state index contributed by atoms with van der Waals surface area (Å²) in [7, 11) is 4.41. The molecule has 0 spiro atoms. The third-order valence-electron chi connectivity index (χ3n) is 3.31. The summed E-state index contributed by atoms with van der Waals surface area (Å²) in [5.74, 6) is 0.941. The van der Waals surface area contributed by atoms with E-state index in [4.69, 9.17) is 0 Å². The van der Waals surface area contributed by atoms with Gasteiger partial charge in [-0.25, -0.2) is 0 Å². The lowest BCUT2D eigenvalue weighted by molar-refractivity contribution is 0.288. The third-order valence-corrected chi connectivity index (χ3v) is 3.31. The van der Waals surface area contributed by atoms with Gasteiger partial charge in [-0.05, 0) is 32.9 Å². The Morgan fingerprint density at radius 1 is 0.750 bits per heavy atom. The number of hydrogen-bond donors (Lipinski definition) is 0. The van der Waals surface area contributed by atoms with E-state index in [1.807, 2.05) is 0 Å². The minimum absolute atomic E-state index is 0.941. The van der Waals surface area contributed by atoms with Crippen molar-refractivity contribution in [2.45, 2.75) is 71.6 Å². The topological polar surface area (TPSA) is 3.24 Å². The van der Waals surface area contributed by atoms with E-state index in [2.05, 4.69) is 32.8 Å². The third kappa shape index (κ3) is 10.5. The van der Waals surface area contributed by atoms with Crippen LogP contribution >= 0.6 is 0 Å². The monoisotopic (exact) mass is 227 g/mol. The Bertz CT molecular complexity index is 131. The molecular formula is C15H33N. The van der Waals surface area contributed by atoms with Crippen molar-refractivity contribution in [3.63, 3.8) is 0 Å². The molecule has 0 bridgehead atoms. The van der Waals surface area contributed by atoms with Crippen molar-refractivity contribution >= 4 is 0 Å². The summed E-state index contributed by atoms with van der Waals surface area (Å²) in [5, 5.41) is 0. The van der Waals surface area contributed by atoms with Crippen molar-refractivity contribution in [3.05, 3.63) is 0 Å². The first-order valence-electron chi connectivity index (χ1n) is 7.35. The smallest absolute Gasteiger partial charge is 0.000356 e. The van der Waals surface area contributed by atoms with Gasteiger partial charge in [0.25, 0.3) is 0 Å². The zero-order chi connectivity index (χ0) is 12.2. The van der Waals surface area contributed by atoms with Gasteiger partial charge in [0, 0.05) is 6.54 Å². The molecule has 0 fully saturated rings. The zero-order valence-electron chi connectivity index (χ0n) is 12.1. The van der Waals surface area contributed by atoms with Crippen LogP contribution in [0.4, 0.5) is 0 Å². The van der Waals surface area contributed by atoms with E-state index in [-0.39, 0.29) is 0 Å². The van der Waals surface area contributed by atoms with Crippen molar-refractivity contribution in [2.24, 2.45) is 5.92 Å². The summed E-state index contributed by atoms with van der Waals surface area (Å²) in [6.07, 6.45) is 12.8. The van der Waals surface area contributed by atoms with Crippen molar-refractivity contribution in [1.82, 2.24) is 4.90 Å². The lowest BCUT2D eigenvalue weighted by Gasteiger charge is -2.20. The van der Waals surface area contributed by atoms with Crippen LogP contribution in [0.3, 0.4) is 0 Å². The molecule has 0 aromatic rings. The normalized spacial score (nSPS) is 13.3. The van der Waals surface area contributed by atoms with Crippen LogP contribution < -0.4 is 0 Å². The minimum atomic E-state index is 0.941. The van der Waals surface area contributed by atoms with Gasteiger partial charge in [-0.2, -0.15) is 0 Å². The van der Waals surface area contributed by atoms with Crippen LogP contribution in [0, 0.1) is 5.92 Å². The van der Waals surface area contributed by atoms with E-state index in [0.29, 0.717) is 0 Å². The molecule has 0 aliphatic rings. The Labute approximate surface area is 104 Å². The molecule has 98 valence electrons. The molecule has 0 saturated carbocycles. The standard InChI is InChI=1S/C15H33N/c1-5-7-9-10-11-13-15(12-8-6-2)14-16(3)4/h15H,5-14H2,1-4H3. The Morgan fingerprint density at radius 2 is 1.31 bits per heavy atom. The fraction of sp³-hybridized carbons (Fsp3) is 1.00. The van der Waals surface area contributed by atoms with E-state index in [0.717, 1.165) is 5.92 Å². The quantitative estimate of drug-likeness (QED) is 0.462. The molecule has 0 saturated heterocycles. The fourth-order valence-electron chi connectivity index (χ4n) is 2.37. The van der Waals surface area contributed by atoms with Crippen LogP contribution in [0.1, 0.15) is 71.6 Å². The van der Waals surface area contributed by atoms with Crippen molar-refractivity contribution in [1.29, 1.82) is 0 Å². The summed E-state index contributed by atoms with van der Waals surface area (Å²) in [5.41, 5.74) is 0. The molecular weight excluding hydrogens is 194 g/mol. The van der Waals surface area contributed by atoms with Gasteiger partial charge in [-0.15, -0.1) is 0 Å². The number of unbranched alkanes of at least 4 members (excludes halogenated alkanes) is 5. The average molecular weight is 227 g/mol. The maximum absolute atomic E-state index is 2.35. The van der Waals surface area contributed by atoms with E-state index < -0.39 is 0 Å². The molecule has 0 amide bonds. The summed E-state index contributed by atoms with van der Waals surface area (Å²) in [6, 6.07) is 0. The largest absolute Gasteiger partial charge is 0.309 e. The SMILES string of the molecule is CCCCCCCC(CCCC)CN(C)C. The molecule has 0 heterocycles. The average Bonchev–Trinajstić information content (AvgIpc) is 2.24. The summed E-state index contributed by atoms with van der Waals surface area (Å²) in [6.45, 7) is 5.87. The molecule has 1 nitrogen and oxygen atoms in total. The van der Waals surface area contributed by atoms with Crippen LogP contribution in [0.2, 0.25) is 0 Å². The predicted octanol–water partition coefficient (Wildman–Crippen LogP) is 4.71. The number of rotatable bonds is 11. The van der Waals surface area contributed by atoms with Gasteiger partial charge in [-0.3, -0.25) is 0 Å². The van der Waals surface area contributed by atoms with Crippen LogP contribution in [0.5, 0.6) is 0 Å². The fourth-order valence-corrected chi connectivity index (χ4v) is 2.37. The van der Waals surface area contributed by atoms with Gasteiger partial charge in [0.2, 0.25) is 0 Å². The molecule has 0 aliphatic heterocycles. The van der Waals surface area contributed by atoms with Crippen molar-refractivity contribution in [3.8, 4) is 0 Å². The molecule has 0 rings (SSSR count). The van der Waals surface area contributed by atoms with Crippen LogP contribution in [0.15, 0.2) is 0 Å². The zero-order valence-corrected chi connectivity index (χ0v) is 12.1.